The van der Waals surface area contributed by atoms with E-state index in [0.717, 1.165) is 25.2 Å². The van der Waals surface area contributed by atoms with E-state index < -0.39 is 0 Å². The highest BCUT2D eigenvalue weighted by atomic mass is 35.5. The Morgan fingerprint density at radius 1 is 1.61 bits per heavy atom. The number of amides is 1. The fourth-order valence-electron chi connectivity index (χ4n) is 2.32. The molecule has 1 amide bonds. The molecular weight excluding hydrogens is 252 g/mol. The van der Waals surface area contributed by atoms with E-state index >= 15 is 0 Å². The smallest absolute Gasteiger partial charge is 0.254 e. The van der Waals surface area contributed by atoms with Gasteiger partial charge in [-0.15, -0.1) is 0 Å². The first-order chi connectivity index (χ1) is 8.60. The van der Waals surface area contributed by atoms with Gasteiger partial charge in [0.15, 0.2) is 0 Å². The molecule has 1 aromatic heterocycles. The minimum atomic E-state index is 0.0287. The Kier molecular flexibility index (Phi) is 4.19. The summed E-state index contributed by atoms with van der Waals surface area (Å²) in [5.41, 5.74) is 1.38. The predicted octanol–water partition coefficient (Wildman–Crippen LogP) is 2.15. The zero-order chi connectivity index (χ0) is 13.1. The van der Waals surface area contributed by atoms with Gasteiger partial charge in [0.05, 0.1) is 6.61 Å². The molecule has 2 heterocycles. The molecule has 0 saturated carbocycles. The number of aromatic nitrogens is 1. The van der Waals surface area contributed by atoms with Crippen molar-refractivity contribution in [3.63, 3.8) is 0 Å². The molecule has 0 aliphatic carbocycles. The van der Waals surface area contributed by atoms with Crippen LogP contribution in [0, 0.1) is 12.8 Å². The van der Waals surface area contributed by atoms with Crippen molar-refractivity contribution in [1.82, 2.24) is 9.88 Å². The summed E-state index contributed by atoms with van der Waals surface area (Å²) < 4.78 is 5.13. The third-order valence-corrected chi connectivity index (χ3v) is 3.34. The summed E-state index contributed by atoms with van der Waals surface area (Å²) >= 11 is 5.88. The molecule has 0 aromatic carbocycles. The average Bonchev–Trinajstić information content (AvgIpc) is 2.76. The van der Waals surface area contributed by atoms with Crippen molar-refractivity contribution in [2.75, 3.05) is 26.8 Å². The van der Waals surface area contributed by atoms with Crippen LogP contribution in [-0.2, 0) is 4.74 Å². The molecule has 0 N–H and O–H groups in total. The van der Waals surface area contributed by atoms with Gasteiger partial charge in [0, 0.05) is 37.4 Å². The van der Waals surface area contributed by atoms with Crippen molar-refractivity contribution in [1.29, 1.82) is 0 Å². The van der Waals surface area contributed by atoms with E-state index in [2.05, 4.69) is 4.98 Å². The second-order valence-electron chi connectivity index (χ2n) is 4.68. The van der Waals surface area contributed by atoms with Crippen molar-refractivity contribution in [3.05, 3.63) is 28.5 Å². The molecular formula is C13H17ClN2O2. The molecule has 1 aromatic rings. The molecule has 2 rings (SSSR count). The second kappa shape index (κ2) is 5.67. The Morgan fingerprint density at radius 2 is 2.39 bits per heavy atom. The van der Waals surface area contributed by atoms with E-state index in [9.17, 15) is 4.79 Å². The number of rotatable bonds is 3. The molecule has 1 aliphatic heterocycles. The molecule has 0 bridgehead atoms. The number of carbonyl (C=O) groups is 1. The van der Waals surface area contributed by atoms with E-state index in [1.54, 1.807) is 19.2 Å². The minimum absolute atomic E-state index is 0.0287. The highest BCUT2D eigenvalue weighted by molar-refractivity contribution is 6.29. The van der Waals surface area contributed by atoms with Crippen molar-refractivity contribution in [2.24, 2.45) is 5.92 Å². The van der Waals surface area contributed by atoms with Crippen LogP contribution in [0.3, 0.4) is 0 Å². The number of halogens is 1. The SMILES string of the molecule is COCC1CCN(C(=O)c2cc(C)nc(Cl)c2)C1. The summed E-state index contributed by atoms with van der Waals surface area (Å²) in [6.07, 6.45) is 0.997. The van der Waals surface area contributed by atoms with Crippen molar-refractivity contribution in [3.8, 4) is 0 Å². The number of carbonyl (C=O) groups excluding carboxylic acids is 1. The van der Waals surface area contributed by atoms with E-state index in [1.807, 2.05) is 11.8 Å². The number of hydrogen-bond acceptors (Lipinski definition) is 3. The fourth-order valence-corrected chi connectivity index (χ4v) is 2.57. The molecule has 5 heteroatoms. The van der Waals surface area contributed by atoms with Crippen LogP contribution >= 0.6 is 11.6 Å². The summed E-state index contributed by atoms with van der Waals surface area (Å²) in [5, 5.41) is 0.367. The Labute approximate surface area is 112 Å². The van der Waals surface area contributed by atoms with Crippen LogP contribution in [0.4, 0.5) is 0 Å². The number of hydrogen-bond donors (Lipinski definition) is 0. The number of ether oxygens (including phenoxy) is 1. The monoisotopic (exact) mass is 268 g/mol. The molecule has 4 nitrogen and oxygen atoms in total. The summed E-state index contributed by atoms with van der Waals surface area (Å²) in [7, 11) is 1.69. The number of methoxy groups -OCH3 is 1. The van der Waals surface area contributed by atoms with Crippen molar-refractivity contribution >= 4 is 17.5 Å². The predicted molar refractivity (Wildman–Crippen MR) is 69.9 cm³/mol. The van der Waals surface area contributed by atoms with Crippen LogP contribution in [0.2, 0.25) is 5.15 Å². The Hall–Kier alpha value is -1.13. The molecule has 0 spiro atoms. The van der Waals surface area contributed by atoms with Gasteiger partial charge in [-0.25, -0.2) is 4.98 Å². The van der Waals surface area contributed by atoms with Gasteiger partial charge >= 0.3 is 0 Å². The topological polar surface area (TPSA) is 42.4 Å². The van der Waals surface area contributed by atoms with E-state index in [1.165, 1.54) is 0 Å². The molecule has 0 radical (unpaired) electrons. The van der Waals surface area contributed by atoms with Gasteiger partial charge in [-0.1, -0.05) is 11.6 Å². The molecule has 1 aliphatic rings. The zero-order valence-corrected chi connectivity index (χ0v) is 11.4. The molecule has 1 saturated heterocycles. The van der Waals surface area contributed by atoms with Gasteiger partial charge in [-0.2, -0.15) is 0 Å². The van der Waals surface area contributed by atoms with Crippen LogP contribution in [0.15, 0.2) is 12.1 Å². The van der Waals surface area contributed by atoms with Gasteiger partial charge < -0.3 is 9.64 Å². The molecule has 98 valence electrons. The summed E-state index contributed by atoms with van der Waals surface area (Å²) in [6, 6.07) is 3.40. The van der Waals surface area contributed by atoms with Crippen molar-refractivity contribution < 1.29 is 9.53 Å². The first kappa shape index (κ1) is 13.3. The normalized spacial score (nSPS) is 19.3. The second-order valence-corrected chi connectivity index (χ2v) is 5.07. The highest BCUT2D eigenvalue weighted by Gasteiger charge is 2.27. The van der Waals surface area contributed by atoms with Crippen LogP contribution in [0.25, 0.3) is 0 Å². The van der Waals surface area contributed by atoms with Gasteiger partial charge in [-0.3, -0.25) is 4.79 Å². The van der Waals surface area contributed by atoms with E-state index in [-0.39, 0.29) is 5.91 Å². The summed E-state index contributed by atoms with van der Waals surface area (Å²) in [5.74, 6) is 0.471. The standard InChI is InChI=1S/C13H17ClN2O2/c1-9-5-11(6-12(14)15-9)13(17)16-4-3-10(7-16)8-18-2/h5-6,10H,3-4,7-8H2,1-2H3. The maximum absolute atomic E-state index is 12.3. The lowest BCUT2D eigenvalue weighted by Crippen LogP contribution is -2.29. The minimum Gasteiger partial charge on any atom is -0.384 e. The van der Waals surface area contributed by atoms with Crippen LogP contribution in [0.1, 0.15) is 22.5 Å². The highest BCUT2D eigenvalue weighted by Crippen LogP contribution is 2.20. The molecule has 1 unspecified atom stereocenters. The van der Waals surface area contributed by atoms with Crippen LogP contribution in [0.5, 0.6) is 0 Å². The quantitative estimate of drug-likeness (QED) is 0.789. The number of likely N-dealkylation sites (tertiary alicyclic amines) is 1. The lowest BCUT2D eigenvalue weighted by molar-refractivity contribution is 0.0775. The lowest BCUT2D eigenvalue weighted by atomic mass is 10.1. The first-order valence-electron chi connectivity index (χ1n) is 6.02. The average molecular weight is 269 g/mol. The number of pyridine rings is 1. The van der Waals surface area contributed by atoms with Crippen molar-refractivity contribution in [2.45, 2.75) is 13.3 Å². The molecule has 1 fully saturated rings. The summed E-state index contributed by atoms with van der Waals surface area (Å²) in [6.45, 7) is 4.08. The Morgan fingerprint density at radius 3 is 3.06 bits per heavy atom. The van der Waals surface area contributed by atoms with Crippen LogP contribution < -0.4 is 0 Å². The van der Waals surface area contributed by atoms with Gasteiger partial charge in [-0.05, 0) is 25.5 Å². The van der Waals surface area contributed by atoms with Crippen LogP contribution in [-0.4, -0.2) is 42.6 Å². The van der Waals surface area contributed by atoms with Gasteiger partial charge in [0.1, 0.15) is 5.15 Å². The van der Waals surface area contributed by atoms with E-state index in [0.29, 0.717) is 23.2 Å². The number of aryl methyl sites for hydroxylation is 1. The maximum Gasteiger partial charge on any atom is 0.254 e. The van der Waals surface area contributed by atoms with E-state index in [4.69, 9.17) is 16.3 Å². The van der Waals surface area contributed by atoms with Gasteiger partial charge in [0.2, 0.25) is 0 Å². The molecule has 1 atom stereocenters. The summed E-state index contributed by atoms with van der Waals surface area (Å²) in [4.78, 5) is 18.2. The molecule has 18 heavy (non-hydrogen) atoms. The lowest BCUT2D eigenvalue weighted by Gasteiger charge is -2.16. The maximum atomic E-state index is 12.3. The fraction of sp³-hybridized carbons (Fsp3) is 0.538. The third-order valence-electron chi connectivity index (χ3n) is 3.14. The third kappa shape index (κ3) is 3.00. The number of nitrogens with zero attached hydrogens (tertiary/aromatic N) is 2. The Balaban J connectivity index is 2.08. The Bertz CT molecular complexity index is 430. The zero-order valence-electron chi connectivity index (χ0n) is 10.6. The van der Waals surface area contributed by atoms with Gasteiger partial charge in [0.25, 0.3) is 5.91 Å². The largest absolute Gasteiger partial charge is 0.384 e. The first-order valence-corrected chi connectivity index (χ1v) is 6.40.